The van der Waals surface area contributed by atoms with Gasteiger partial charge in [0, 0.05) is 18.6 Å². The van der Waals surface area contributed by atoms with E-state index in [1.54, 1.807) is 0 Å². The number of amides is 1. The number of aryl methyl sites for hydroxylation is 2. The van der Waals surface area contributed by atoms with Gasteiger partial charge < -0.3 is 10.1 Å². The lowest BCUT2D eigenvalue weighted by molar-refractivity contribution is -0.697. The minimum atomic E-state index is -0.508. The van der Waals surface area contributed by atoms with Crippen LogP contribution in [-0.4, -0.2) is 12.7 Å². The van der Waals surface area contributed by atoms with Gasteiger partial charge in [-0.15, -0.1) is 0 Å². The van der Waals surface area contributed by atoms with Gasteiger partial charge in [0.25, 0.3) is 0 Å². The molecule has 0 saturated heterocycles. The van der Waals surface area contributed by atoms with Gasteiger partial charge >= 0.3 is 6.09 Å². The molecule has 4 heteroatoms. The number of unbranched alkanes of at least 4 members (excludes halogenated alkanes) is 4. The standard InChI is InChI=1S/C28H40N2O2/c1-6-7-13-24-16-19-30(20-17-24)18-10-8-9-11-21-32-27(31)29-28(4,5)26-15-12-14-25(22-26)23(2)3/h12,14-17,19-20,22H,2,6-11,13,18,21H2,1,3-5H3/p+1. The van der Waals surface area contributed by atoms with Crippen LogP contribution in [0.3, 0.4) is 0 Å². The third-order valence-corrected chi connectivity index (χ3v) is 5.81. The largest absolute Gasteiger partial charge is 0.450 e. The van der Waals surface area contributed by atoms with Crippen molar-refractivity contribution in [3.05, 3.63) is 72.1 Å². The van der Waals surface area contributed by atoms with Crippen molar-refractivity contribution in [3.8, 4) is 0 Å². The Hall–Kier alpha value is -2.62. The van der Waals surface area contributed by atoms with E-state index in [-0.39, 0.29) is 6.09 Å². The number of rotatable bonds is 13. The Bertz CT molecular complexity index is 856. The molecule has 0 fully saturated rings. The molecule has 2 aromatic rings. The molecule has 0 atom stereocenters. The summed E-state index contributed by atoms with van der Waals surface area (Å²) < 4.78 is 7.67. The molecule has 0 saturated carbocycles. The third kappa shape index (κ3) is 8.86. The molecule has 2 rings (SSSR count). The van der Waals surface area contributed by atoms with Crippen molar-refractivity contribution in [3.63, 3.8) is 0 Å². The van der Waals surface area contributed by atoms with Crippen LogP contribution in [0.4, 0.5) is 4.79 Å². The summed E-state index contributed by atoms with van der Waals surface area (Å²) in [5, 5.41) is 2.99. The highest BCUT2D eigenvalue weighted by Gasteiger charge is 2.23. The number of ether oxygens (including phenoxy) is 1. The van der Waals surface area contributed by atoms with Crippen molar-refractivity contribution in [2.45, 2.75) is 84.7 Å². The average Bonchev–Trinajstić information content (AvgIpc) is 2.77. The SMILES string of the molecule is C=C(C)c1cccc(C(C)(C)NC(=O)OCCCCCC[n+]2ccc(CCCC)cc2)c1. The molecule has 4 nitrogen and oxygen atoms in total. The second-order valence-electron chi connectivity index (χ2n) is 9.21. The lowest BCUT2D eigenvalue weighted by Crippen LogP contribution is -2.41. The molecule has 0 bridgehead atoms. The molecule has 0 spiro atoms. The van der Waals surface area contributed by atoms with Gasteiger partial charge in [0.05, 0.1) is 12.1 Å². The smallest absolute Gasteiger partial charge is 0.407 e. The van der Waals surface area contributed by atoms with Crippen molar-refractivity contribution in [2.24, 2.45) is 0 Å². The number of carbonyl (C=O) groups excluding carboxylic acids is 1. The van der Waals surface area contributed by atoms with Crippen LogP contribution in [0.2, 0.25) is 0 Å². The fourth-order valence-electron chi connectivity index (χ4n) is 3.64. The maximum atomic E-state index is 12.3. The summed E-state index contributed by atoms with van der Waals surface area (Å²) in [5.41, 5.74) is 4.03. The summed E-state index contributed by atoms with van der Waals surface area (Å²) in [5.74, 6) is 0. The van der Waals surface area contributed by atoms with Crippen molar-refractivity contribution < 1.29 is 14.1 Å². The summed E-state index contributed by atoms with van der Waals surface area (Å²) in [7, 11) is 0. The second kappa shape index (κ2) is 13.0. The second-order valence-corrected chi connectivity index (χ2v) is 9.21. The van der Waals surface area contributed by atoms with Crippen molar-refractivity contribution in [1.82, 2.24) is 5.32 Å². The lowest BCUT2D eigenvalue weighted by Gasteiger charge is -2.27. The molecule has 0 aliphatic carbocycles. The van der Waals surface area contributed by atoms with Crippen LogP contribution >= 0.6 is 0 Å². The number of nitrogens with one attached hydrogen (secondary N) is 1. The fraction of sp³-hybridized carbons (Fsp3) is 0.500. The first-order chi connectivity index (χ1) is 15.3. The Morgan fingerprint density at radius 3 is 2.47 bits per heavy atom. The highest BCUT2D eigenvalue weighted by Crippen LogP contribution is 2.23. The highest BCUT2D eigenvalue weighted by molar-refractivity contribution is 5.69. The number of allylic oxidation sites excluding steroid dienone is 1. The number of nitrogens with zero attached hydrogens (tertiary/aromatic N) is 1. The molecule has 1 heterocycles. The fourth-order valence-corrected chi connectivity index (χ4v) is 3.64. The Balaban J connectivity index is 1.62. The molecular formula is C28H41N2O2+. The average molecular weight is 438 g/mol. The summed E-state index contributed by atoms with van der Waals surface area (Å²) in [4.78, 5) is 12.3. The van der Waals surface area contributed by atoms with Crippen molar-refractivity contribution in [2.75, 3.05) is 6.61 Å². The lowest BCUT2D eigenvalue weighted by atomic mass is 9.92. The molecule has 0 radical (unpaired) electrons. The van der Waals surface area contributed by atoms with Crippen LogP contribution in [0.15, 0.2) is 55.4 Å². The molecule has 0 unspecified atom stereocenters. The minimum Gasteiger partial charge on any atom is -0.450 e. The zero-order valence-electron chi connectivity index (χ0n) is 20.5. The number of hydrogen-bond donors (Lipinski definition) is 1. The Morgan fingerprint density at radius 1 is 1.06 bits per heavy atom. The number of aromatic nitrogens is 1. The Morgan fingerprint density at radius 2 is 1.78 bits per heavy atom. The summed E-state index contributed by atoms with van der Waals surface area (Å²) in [6, 6.07) is 12.6. The molecule has 32 heavy (non-hydrogen) atoms. The van der Waals surface area contributed by atoms with Gasteiger partial charge in [-0.05, 0) is 75.6 Å². The zero-order chi connectivity index (χ0) is 23.4. The van der Waals surface area contributed by atoms with Gasteiger partial charge in [-0.25, -0.2) is 9.36 Å². The van der Waals surface area contributed by atoms with Gasteiger partial charge in [0.15, 0.2) is 12.4 Å². The van der Waals surface area contributed by atoms with Gasteiger partial charge in [-0.1, -0.05) is 43.7 Å². The Kier molecular flexibility index (Phi) is 10.5. The van der Waals surface area contributed by atoms with Crippen LogP contribution in [0.25, 0.3) is 5.57 Å². The molecular weight excluding hydrogens is 396 g/mol. The molecule has 1 amide bonds. The molecule has 0 aliphatic rings. The van der Waals surface area contributed by atoms with Gasteiger partial charge in [0.1, 0.15) is 6.54 Å². The topological polar surface area (TPSA) is 42.2 Å². The van der Waals surface area contributed by atoms with E-state index >= 15 is 0 Å². The first-order valence-corrected chi connectivity index (χ1v) is 12.0. The van der Waals surface area contributed by atoms with Gasteiger partial charge in [0.2, 0.25) is 0 Å². The van der Waals surface area contributed by atoms with E-state index < -0.39 is 5.54 Å². The molecule has 1 aromatic heterocycles. The summed E-state index contributed by atoms with van der Waals surface area (Å²) >= 11 is 0. The third-order valence-electron chi connectivity index (χ3n) is 5.81. The first kappa shape index (κ1) is 25.6. The number of pyridine rings is 1. The van der Waals surface area contributed by atoms with Crippen LogP contribution in [0, 0.1) is 0 Å². The molecule has 1 aromatic carbocycles. The summed E-state index contributed by atoms with van der Waals surface area (Å²) in [6.07, 6.45) is 11.9. The minimum absolute atomic E-state index is 0.366. The first-order valence-electron chi connectivity index (χ1n) is 12.0. The maximum Gasteiger partial charge on any atom is 0.407 e. The quantitative estimate of drug-likeness (QED) is 0.284. The van der Waals surface area contributed by atoms with E-state index in [9.17, 15) is 4.79 Å². The predicted molar refractivity (Wildman–Crippen MR) is 132 cm³/mol. The normalized spacial score (nSPS) is 11.2. The molecule has 1 N–H and O–H groups in total. The van der Waals surface area contributed by atoms with Crippen LogP contribution in [0.1, 0.15) is 82.9 Å². The summed E-state index contributed by atoms with van der Waals surface area (Å²) in [6.45, 7) is 13.7. The van der Waals surface area contributed by atoms with Crippen LogP contribution in [-0.2, 0) is 23.2 Å². The number of carbonyl (C=O) groups is 1. The molecule has 174 valence electrons. The van der Waals surface area contributed by atoms with Crippen LogP contribution in [0.5, 0.6) is 0 Å². The monoisotopic (exact) mass is 437 g/mol. The van der Waals surface area contributed by atoms with E-state index in [1.165, 1.54) is 24.8 Å². The van der Waals surface area contributed by atoms with Gasteiger partial charge in [-0.2, -0.15) is 0 Å². The highest BCUT2D eigenvalue weighted by atomic mass is 16.5. The van der Waals surface area contributed by atoms with E-state index in [1.807, 2.05) is 39.0 Å². The zero-order valence-corrected chi connectivity index (χ0v) is 20.5. The van der Waals surface area contributed by atoms with E-state index in [4.69, 9.17) is 4.74 Å². The molecule has 0 aliphatic heterocycles. The number of alkyl carbamates (subject to hydrolysis) is 1. The van der Waals surface area contributed by atoms with Gasteiger partial charge in [-0.3, -0.25) is 0 Å². The maximum absolute atomic E-state index is 12.3. The predicted octanol–water partition coefficient (Wildman–Crippen LogP) is 6.57. The van der Waals surface area contributed by atoms with Crippen molar-refractivity contribution >= 4 is 11.7 Å². The van der Waals surface area contributed by atoms with E-state index in [0.29, 0.717) is 6.61 Å². The number of benzene rings is 1. The van der Waals surface area contributed by atoms with E-state index in [0.717, 1.165) is 48.9 Å². The van der Waals surface area contributed by atoms with Crippen LogP contribution < -0.4 is 9.88 Å². The van der Waals surface area contributed by atoms with Crippen molar-refractivity contribution in [1.29, 1.82) is 0 Å². The Labute approximate surface area is 194 Å². The number of hydrogen-bond acceptors (Lipinski definition) is 2. The van der Waals surface area contributed by atoms with E-state index in [2.05, 4.69) is 54.0 Å².